The number of esters is 1. The average molecular weight is 742 g/mol. The number of nitrogens with one attached hydrogen (secondary N) is 6. The molecule has 292 valence electrons. The molecule has 0 bridgehead atoms. The summed E-state index contributed by atoms with van der Waals surface area (Å²) in [4.78, 5) is 124. The number of carboxylic acids is 1. The Morgan fingerprint density at radius 3 is 1.79 bits per heavy atom. The molecular weight excluding hydrogens is 690 g/mol. The second-order valence-electron chi connectivity index (χ2n) is 11.9. The number of aliphatic hydroxyl groups excluding tert-OH is 1. The summed E-state index contributed by atoms with van der Waals surface area (Å²) in [6, 6.07) is -8.91. The van der Waals surface area contributed by atoms with Gasteiger partial charge in [-0.25, -0.2) is 0 Å². The number of carbonyl (C=O) groups excluding carboxylic acids is 9. The Labute approximate surface area is 300 Å². The van der Waals surface area contributed by atoms with E-state index >= 15 is 0 Å². The summed E-state index contributed by atoms with van der Waals surface area (Å²) in [6.07, 6.45) is -0.837. The largest absolute Gasteiger partial charge is 0.481 e. The topological polar surface area (TPSA) is 319 Å². The molecule has 0 aliphatic rings. The molecule has 52 heavy (non-hydrogen) atoms. The van der Waals surface area contributed by atoms with Crippen molar-refractivity contribution < 1.29 is 62.9 Å². The summed E-state index contributed by atoms with van der Waals surface area (Å²) in [5, 5.41) is 32.9. The van der Waals surface area contributed by atoms with E-state index in [4.69, 9.17) is 10.5 Å². The minimum Gasteiger partial charge on any atom is -0.481 e. The Morgan fingerprint density at radius 2 is 1.31 bits per heavy atom. The van der Waals surface area contributed by atoms with Gasteiger partial charge in [-0.05, 0) is 33.1 Å². The summed E-state index contributed by atoms with van der Waals surface area (Å²) in [6.45, 7) is 11.6. The van der Waals surface area contributed by atoms with Gasteiger partial charge in [-0.3, -0.25) is 47.9 Å². The zero-order valence-electron chi connectivity index (χ0n) is 30.1. The van der Waals surface area contributed by atoms with Crippen molar-refractivity contribution in [2.45, 2.75) is 116 Å². The van der Waals surface area contributed by atoms with Gasteiger partial charge in [0.1, 0.15) is 36.8 Å². The Balaban J connectivity index is 5.56. The lowest BCUT2D eigenvalue weighted by molar-refractivity contribution is -0.144. The average Bonchev–Trinajstić information content (AvgIpc) is 3.06. The lowest BCUT2D eigenvalue weighted by atomic mass is 9.93. The molecule has 0 aliphatic carbocycles. The Bertz CT molecular complexity index is 1350. The number of carbonyl (C=O) groups is 10. The number of primary amides is 1. The van der Waals surface area contributed by atoms with E-state index < -0.39 is 108 Å². The number of aliphatic carboxylic acids is 1. The molecule has 0 aromatic heterocycles. The summed E-state index contributed by atoms with van der Waals surface area (Å²) in [5.74, 6) is -10.9. The van der Waals surface area contributed by atoms with Crippen molar-refractivity contribution in [1.29, 1.82) is 0 Å². The smallest absolute Gasteiger partial charge is 0.306 e. The number of aliphatic hydroxyl groups is 1. The van der Waals surface area contributed by atoms with Crippen LogP contribution < -0.4 is 37.6 Å². The molecule has 0 aromatic rings. The third-order valence-corrected chi connectivity index (χ3v) is 7.61. The highest BCUT2D eigenvalue weighted by Crippen LogP contribution is 2.14. The lowest BCUT2D eigenvalue weighted by Gasteiger charge is -2.29. The monoisotopic (exact) mass is 741 g/mol. The fourth-order valence-corrected chi connectivity index (χ4v) is 4.65. The van der Waals surface area contributed by atoms with Gasteiger partial charge in [0.05, 0.1) is 18.6 Å². The van der Waals surface area contributed by atoms with Crippen LogP contribution in [0, 0.1) is 5.92 Å². The predicted molar refractivity (Wildman–Crippen MR) is 181 cm³/mol. The van der Waals surface area contributed by atoms with Gasteiger partial charge >= 0.3 is 11.9 Å². The van der Waals surface area contributed by atoms with Crippen molar-refractivity contribution in [3.63, 3.8) is 0 Å². The third kappa shape index (κ3) is 16.5. The first-order valence-electron chi connectivity index (χ1n) is 16.5. The number of nitrogens with two attached hydrogens (primary N) is 1. The van der Waals surface area contributed by atoms with E-state index in [1.807, 2.05) is 19.2 Å². The maximum Gasteiger partial charge on any atom is 0.306 e. The molecule has 0 radical (unpaired) electrons. The lowest BCUT2D eigenvalue weighted by Crippen LogP contribution is -2.61. The first-order chi connectivity index (χ1) is 24.2. The van der Waals surface area contributed by atoms with Crippen LogP contribution in [0.5, 0.6) is 0 Å². The van der Waals surface area contributed by atoms with Gasteiger partial charge in [-0.2, -0.15) is 0 Å². The molecule has 0 aromatic carbocycles. The van der Waals surface area contributed by atoms with Crippen LogP contribution >= 0.6 is 0 Å². The number of hydrogen-bond acceptors (Lipinski definition) is 12. The molecule has 0 saturated heterocycles. The zero-order chi connectivity index (χ0) is 40.3. The molecule has 0 fully saturated rings. The minimum absolute atomic E-state index is 0.107. The maximum atomic E-state index is 13.0. The Morgan fingerprint density at radius 1 is 0.750 bits per heavy atom. The van der Waals surface area contributed by atoms with Crippen molar-refractivity contribution in [1.82, 2.24) is 31.9 Å². The SMILES string of the molecule is C=CCOC(=O)CC[C@H](NC(=O)[C@H](CC(=O)O)NC(=O)C(=O)[C@H](C)NC(=O)[C@H](C)NC(=O)[C@@H](NC(=O)[C@@H](NC(C)=O)C(CC)CC)[C@@H](C)O)C(N)=O. The second kappa shape index (κ2) is 23.1. The summed E-state index contributed by atoms with van der Waals surface area (Å²) in [7, 11) is 0. The Hall–Kier alpha value is -5.40. The van der Waals surface area contributed by atoms with Gasteiger partial charge in [0.15, 0.2) is 0 Å². The number of carboxylic acid groups (broad SMARTS) is 1. The van der Waals surface area contributed by atoms with E-state index in [0.717, 1.165) is 6.92 Å². The zero-order valence-corrected chi connectivity index (χ0v) is 30.1. The van der Waals surface area contributed by atoms with Gasteiger partial charge in [-0.1, -0.05) is 39.3 Å². The van der Waals surface area contributed by atoms with Crippen LogP contribution in [-0.2, 0) is 52.7 Å². The summed E-state index contributed by atoms with van der Waals surface area (Å²) in [5.41, 5.74) is 5.27. The molecule has 0 heterocycles. The molecule has 0 rings (SSSR count). The maximum absolute atomic E-state index is 13.0. The van der Waals surface area contributed by atoms with E-state index in [0.29, 0.717) is 12.8 Å². The normalized spacial score (nSPS) is 14.8. The molecule has 0 spiro atoms. The number of rotatable bonds is 24. The fraction of sp³-hybridized carbons (Fsp3) is 0.625. The van der Waals surface area contributed by atoms with E-state index in [-0.39, 0.29) is 25.4 Å². The van der Waals surface area contributed by atoms with Crippen molar-refractivity contribution in [3.8, 4) is 0 Å². The molecule has 7 atom stereocenters. The molecule has 0 saturated carbocycles. The van der Waals surface area contributed by atoms with Crippen LogP contribution in [-0.4, -0.2) is 118 Å². The molecule has 0 aliphatic heterocycles. The minimum atomic E-state index is -1.90. The molecule has 20 heteroatoms. The van der Waals surface area contributed by atoms with Gasteiger partial charge in [-0.15, -0.1) is 0 Å². The quantitative estimate of drug-likeness (QED) is 0.0268. The summed E-state index contributed by atoms with van der Waals surface area (Å²) >= 11 is 0. The van der Waals surface area contributed by atoms with Crippen LogP contribution in [0.25, 0.3) is 0 Å². The van der Waals surface area contributed by atoms with Crippen LogP contribution in [0.2, 0.25) is 0 Å². The summed E-state index contributed by atoms with van der Waals surface area (Å²) < 4.78 is 4.77. The van der Waals surface area contributed by atoms with Crippen molar-refractivity contribution in [2.24, 2.45) is 11.7 Å². The van der Waals surface area contributed by atoms with Gasteiger partial charge in [0.25, 0.3) is 5.91 Å². The van der Waals surface area contributed by atoms with Gasteiger partial charge < -0.3 is 52.6 Å². The number of Topliss-reactive ketones (excluding diaryl/α,β-unsaturated/α-hetero) is 1. The highest BCUT2D eigenvalue weighted by molar-refractivity contribution is 6.38. The predicted octanol–water partition coefficient (Wildman–Crippen LogP) is -3.19. The molecular formula is C32H51N7O13. The van der Waals surface area contributed by atoms with Crippen LogP contribution in [0.4, 0.5) is 0 Å². The highest BCUT2D eigenvalue weighted by Gasteiger charge is 2.35. The van der Waals surface area contributed by atoms with Crippen LogP contribution in [0.15, 0.2) is 12.7 Å². The standard InChI is InChI=1S/C32H51N7O13/c1-8-13-52-23(44)12-11-20(27(33)46)37-29(48)21(14-22(42)43)38-32(51)26(45)15(4)34-28(47)16(5)35-30(49)24(17(6)40)39-31(50)25(36-18(7)41)19(9-2)10-3/h8,15-17,19-21,24-25,40H,1,9-14H2,2-7H3,(H2,33,46)(H,34,47)(H,35,49)(H,36,41)(H,37,48)(H,38,51)(H,39,50)(H,42,43)/t15-,16-,17+,20-,21-,24-,25-/m0/s1. The van der Waals surface area contributed by atoms with E-state index in [1.165, 1.54) is 26.8 Å². The molecule has 20 nitrogen and oxygen atoms in total. The van der Waals surface area contributed by atoms with Crippen LogP contribution in [0.1, 0.15) is 73.6 Å². The number of hydrogen-bond donors (Lipinski definition) is 9. The highest BCUT2D eigenvalue weighted by atomic mass is 16.5. The third-order valence-electron chi connectivity index (χ3n) is 7.61. The van der Waals surface area contributed by atoms with Gasteiger partial charge in [0.2, 0.25) is 41.2 Å². The van der Waals surface area contributed by atoms with Crippen molar-refractivity contribution in [2.75, 3.05) is 6.61 Å². The molecule has 0 unspecified atom stereocenters. The van der Waals surface area contributed by atoms with Gasteiger partial charge in [0, 0.05) is 13.3 Å². The van der Waals surface area contributed by atoms with E-state index in [1.54, 1.807) is 0 Å². The number of ketones is 1. The fourth-order valence-electron chi connectivity index (χ4n) is 4.65. The molecule has 10 N–H and O–H groups in total. The number of ether oxygens (including phenoxy) is 1. The molecule has 7 amide bonds. The first-order valence-corrected chi connectivity index (χ1v) is 16.5. The van der Waals surface area contributed by atoms with Crippen molar-refractivity contribution in [3.05, 3.63) is 12.7 Å². The van der Waals surface area contributed by atoms with E-state index in [2.05, 4.69) is 33.2 Å². The number of amides is 7. The second-order valence-corrected chi connectivity index (χ2v) is 11.9. The van der Waals surface area contributed by atoms with E-state index in [9.17, 15) is 58.2 Å². The van der Waals surface area contributed by atoms with Crippen LogP contribution in [0.3, 0.4) is 0 Å². The first kappa shape index (κ1) is 46.6. The Kier molecular flexibility index (Phi) is 20.7. The van der Waals surface area contributed by atoms with Crippen molar-refractivity contribution >= 4 is 59.1 Å².